The highest BCUT2D eigenvalue weighted by Crippen LogP contribution is 2.17. The zero-order valence-electron chi connectivity index (χ0n) is 13.3. The van der Waals surface area contributed by atoms with E-state index in [2.05, 4.69) is 17.2 Å². The third kappa shape index (κ3) is 5.29. The third-order valence-electron chi connectivity index (χ3n) is 3.41. The highest BCUT2D eigenvalue weighted by molar-refractivity contribution is 5.79. The molecule has 2 N–H and O–H groups in total. The van der Waals surface area contributed by atoms with E-state index in [1.165, 1.54) is 0 Å². The molecule has 122 valence electrons. The van der Waals surface area contributed by atoms with Crippen molar-refractivity contribution in [1.82, 2.24) is 10.3 Å². The molecule has 1 aromatic heterocycles. The van der Waals surface area contributed by atoms with Gasteiger partial charge in [-0.15, -0.1) is 0 Å². The average molecular weight is 314 g/mol. The van der Waals surface area contributed by atoms with Gasteiger partial charge in [0.25, 0.3) is 0 Å². The topological polar surface area (TPSA) is 71.5 Å². The fraction of sp³-hybridized carbons (Fsp3) is 0.333. The second-order valence-electron chi connectivity index (χ2n) is 5.25. The van der Waals surface area contributed by atoms with Crippen LogP contribution in [-0.2, 0) is 17.8 Å². The van der Waals surface area contributed by atoms with Gasteiger partial charge in [0.05, 0.1) is 13.0 Å². The number of carbonyl (C=O) groups excluding carboxylic acids is 1. The lowest BCUT2D eigenvalue weighted by Crippen LogP contribution is -2.25. The molecule has 0 saturated carbocycles. The number of pyridine rings is 1. The first kappa shape index (κ1) is 16.8. The number of nitrogens with one attached hydrogen (secondary N) is 1. The van der Waals surface area contributed by atoms with Gasteiger partial charge in [-0.3, -0.25) is 4.79 Å². The Hall–Kier alpha value is -2.56. The molecule has 23 heavy (non-hydrogen) atoms. The van der Waals surface area contributed by atoms with Crippen molar-refractivity contribution >= 4 is 5.91 Å². The molecule has 0 atom stereocenters. The first-order valence-corrected chi connectivity index (χ1v) is 7.81. The summed E-state index contributed by atoms with van der Waals surface area (Å²) in [5.74, 6) is 0.534. The van der Waals surface area contributed by atoms with E-state index in [9.17, 15) is 9.90 Å². The molecule has 0 aliphatic heterocycles. The minimum absolute atomic E-state index is 0.132. The summed E-state index contributed by atoms with van der Waals surface area (Å²) in [5.41, 5.74) is 1.45. The van der Waals surface area contributed by atoms with E-state index >= 15 is 0 Å². The maximum Gasteiger partial charge on any atom is 0.224 e. The van der Waals surface area contributed by atoms with Crippen LogP contribution < -0.4 is 10.1 Å². The summed E-state index contributed by atoms with van der Waals surface area (Å²) in [5, 5.41) is 12.5. The second kappa shape index (κ2) is 8.78. The Balaban J connectivity index is 1.90. The minimum atomic E-state index is -0.158. The molecule has 0 aliphatic carbocycles. The van der Waals surface area contributed by atoms with Crippen LogP contribution in [-0.4, -0.2) is 22.6 Å². The second-order valence-corrected chi connectivity index (χ2v) is 5.25. The zero-order chi connectivity index (χ0) is 16.5. The van der Waals surface area contributed by atoms with Crippen LogP contribution in [0, 0.1) is 0 Å². The number of nitrogens with zero attached hydrogens (tertiary/aromatic N) is 1. The summed E-state index contributed by atoms with van der Waals surface area (Å²) < 4.78 is 5.64. The lowest BCUT2D eigenvalue weighted by atomic mass is 10.1. The minimum Gasteiger partial charge on any atom is -0.508 e. The SMILES string of the molecule is CCCCOc1ncccc1CNC(=O)Cc1ccccc1O. The lowest BCUT2D eigenvalue weighted by Gasteiger charge is -2.11. The van der Waals surface area contributed by atoms with Crippen molar-refractivity contribution in [2.45, 2.75) is 32.7 Å². The summed E-state index contributed by atoms with van der Waals surface area (Å²) in [7, 11) is 0. The third-order valence-corrected chi connectivity index (χ3v) is 3.41. The van der Waals surface area contributed by atoms with Crippen molar-refractivity contribution in [2.24, 2.45) is 0 Å². The number of aromatic hydroxyl groups is 1. The van der Waals surface area contributed by atoms with Crippen molar-refractivity contribution in [2.75, 3.05) is 6.61 Å². The molecule has 0 bridgehead atoms. The number of unbranched alkanes of at least 4 members (excludes halogenated alkanes) is 1. The molecule has 5 nitrogen and oxygen atoms in total. The first-order chi connectivity index (χ1) is 11.2. The number of phenolic OH excluding ortho intramolecular Hbond substituents is 1. The molecule has 0 aliphatic rings. The van der Waals surface area contributed by atoms with E-state index in [4.69, 9.17) is 4.74 Å². The lowest BCUT2D eigenvalue weighted by molar-refractivity contribution is -0.120. The van der Waals surface area contributed by atoms with Gasteiger partial charge in [0, 0.05) is 23.9 Å². The molecular weight excluding hydrogens is 292 g/mol. The Bertz CT molecular complexity index is 644. The van der Waals surface area contributed by atoms with Gasteiger partial charge in [-0.25, -0.2) is 4.98 Å². The van der Waals surface area contributed by atoms with Crippen LogP contribution in [0.3, 0.4) is 0 Å². The van der Waals surface area contributed by atoms with Gasteiger partial charge in [0.1, 0.15) is 5.75 Å². The Kier molecular flexibility index (Phi) is 6.41. The van der Waals surface area contributed by atoms with Crippen molar-refractivity contribution in [3.05, 3.63) is 53.7 Å². The van der Waals surface area contributed by atoms with Crippen LogP contribution in [0.25, 0.3) is 0 Å². The number of rotatable bonds is 8. The fourth-order valence-corrected chi connectivity index (χ4v) is 2.09. The number of amides is 1. The molecule has 0 saturated heterocycles. The van der Waals surface area contributed by atoms with Gasteiger partial charge >= 0.3 is 0 Å². The average Bonchev–Trinajstić information content (AvgIpc) is 2.56. The van der Waals surface area contributed by atoms with Crippen molar-refractivity contribution in [3.63, 3.8) is 0 Å². The number of phenols is 1. The van der Waals surface area contributed by atoms with Crippen molar-refractivity contribution < 1.29 is 14.6 Å². The van der Waals surface area contributed by atoms with E-state index in [0.717, 1.165) is 18.4 Å². The fourth-order valence-electron chi connectivity index (χ4n) is 2.09. The number of carbonyl (C=O) groups is 1. The van der Waals surface area contributed by atoms with E-state index in [-0.39, 0.29) is 18.1 Å². The highest BCUT2D eigenvalue weighted by Gasteiger charge is 2.09. The summed E-state index contributed by atoms with van der Waals surface area (Å²) >= 11 is 0. The number of hydrogen-bond acceptors (Lipinski definition) is 4. The van der Waals surface area contributed by atoms with Crippen LogP contribution in [0.15, 0.2) is 42.6 Å². The molecule has 0 spiro atoms. The predicted molar refractivity (Wildman–Crippen MR) is 88.3 cm³/mol. The van der Waals surface area contributed by atoms with Gasteiger partial charge < -0.3 is 15.2 Å². The Morgan fingerprint density at radius 1 is 1.22 bits per heavy atom. The van der Waals surface area contributed by atoms with Gasteiger partial charge in [0.15, 0.2) is 0 Å². The Morgan fingerprint density at radius 3 is 2.78 bits per heavy atom. The van der Waals surface area contributed by atoms with E-state index < -0.39 is 0 Å². The number of hydrogen-bond donors (Lipinski definition) is 2. The highest BCUT2D eigenvalue weighted by atomic mass is 16.5. The predicted octanol–water partition coefficient (Wildman–Crippen LogP) is 2.83. The Morgan fingerprint density at radius 2 is 2.00 bits per heavy atom. The van der Waals surface area contributed by atoms with E-state index in [0.29, 0.717) is 24.6 Å². The smallest absolute Gasteiger partial charge is 0.224 e. The zero-order valence-corrected chi connectivity index (χ0v) is 13.3. The number of benzene rings is 1. The molecule has 5 heteroatoms. The van der Waals surface area contributed by atoms with Gasteiger partial charge in [-0.1, -0.05) is 37.6 Å². The van der Waals surface area contributed by atoms with Crippen molar-refractivity contribution in [3.8, 4) is 11.6 Å². The Labute approximate surface area is 136 Å². The monoisotopic (exact) mass is 314 g/mol. The van der Waals surface area contributed by atoms with Gasteiger partial charge in [-0.2, -0.15) is 0 Å². The van der Waals surface area contributed by atoms with Crippen LogP contribution >= 0.6 is 0 Å². The summed E-state index contributed by atoms with van der Waals surface area (Å²) in [6, 6.07) is 10.5. The number of ether oxygens (including phenoxy) is 1. The molecule has 1 aromatic carbocycles. The van der Waals surface area contributed by atoms with Crippen LogP contribution in [0.5, 0.6) is 11.6 Å². The molecule has 0 radical (unpaired) electrons. The van der Waals surface area contributed by atoms with Crippen LogP contribution in [0.4, 0.5) is 0 Å². The van der Waals surface area contributed by atoms with E-state index in [1.807, 2.05) is 12.1 Å². The largest absolute Gasteiger partial charge is 0.508 e. The normalized spacial score (nSPS) is 10.3. The molecule has 2 rings (SSSR count). The molecule has 2 aromatic rings. The molecular formula is C18H22N2O3. The standard InChI is InChI=1S/C18H22N2O3/c1-2-3-11-23-18-15(8-6-10-19-18)13-20-17(22)12-14-7-4-5-9-16(14)21/h4-10,21H,2-3,11-13H2,1H3,(H,20,22). The molecule has 0 unspecified atom stereocenters. The van der Waals surface area contributed by atoms with E-state index in [1.54, 1.807) is 30.5 Å². The van der Waals surface area contributed by atoms with Crippen LogP contribution in [0.2, 0.25) is 0 Å². The summed E-state index contributed by atoms with van der Waals surface area (Å²) in [6.45, 7) is 3.07. The van der Waals surface area contributed by atoms with Crippen LogP contribution in [0.1, 0.15) is 30.9 Å². The molecule has 0 fully saturated rings. The maximum absolute atomic E-state index is 12.0. The summed E-state index contributed by atoms with van der Waals surface area (Å²) in [4.78, 5) is 16.2. The maximum atomic E-state index is 12.0. The van der Waals surface area contributed by atoms with Gasteiger partial charge in [-0.05, 0) is 18.6 Å². The number of aromatic nitrogens is 1. The quantitative estimate of drug-likeness (QED) is 0.735. The summed E-state index contributed by atoms with van der Waals surface area (Å²) in [6.07, 6.45) is 3.84. The molecule has 1 heterocycles. The van der Waals surface area contributed by atoms with Crippen molar-refractivity contribution in [1.29, 1.82) is 0 Å². The first-order valence-electron chi connectivity index (χ1n) is 7.81. The van der Waals surface area contributed by atoms with Gasteiger partial charge in [0.2, 0.25) is 11.8 Å². The molecule has 1 amide bonds. The number of para-hydroxylation sites is 1.